The van der Waals surface area contributed by atoms with E-state index in [0.717, 1.165) is 5.56 Å². The summed E-state index contributed by atoms with van der Waals surface area (Å²) in [5.74, 6) is 0.377. The summed E-state index contributed by atoms with van der Waals surface area (Å²) in [5, 5.41) is 3.96. The summed E-state index contributed by atoms with van der Waals surface area (Å²) < 4.78 is 0. The summed E-state index contributed by atoms with van der Waals surface area (Å²) in [7, 11) is 0. The van der Waals surface area contributed by atoms with Crippen molar-refractivity contribution in [3.05, 3.63) is 70.5 Å². The van der Waals surface area contributed by atoms with Crippen LogP contribution in [0.3, 0.4) is 0 Å². The molecule has 2 aromatic carbocycles. The molecule has 0 aliphatic rings. The third-order valence-corrected chi connectivity index (χ3v) is 4.14. The molecule has 27 heavy (non-hydrogen) atoms. The van der Waals surface area contributed by atoms with E-state index in [4.69, 9.17) is 28.9 Å². The lowest BCUT2D eigenvalue weighted by molar-refractivity contribution is -0.119. The Bertz CT molecular complexity index is 952. The Morgan fingerprint density at radius 1 is 1.04 bits per heavy atom. The van der Waals surface area contributed by atoms with E-state index in [1.807, 2.05) is 30.3 Å². The normalized spacial score (nSPS) is 10.3. The maximum atomic E-state index is 12.0. The van der Waals surface area contributed by atoms with Crippen molar-refractivity contribution in [1.82, 2.24) is 15.4 Å². The third kappa shape index (κ3) is 4.99. The average molecular weight is 403 g/mol. The van der Waals surface area contributed by atoms with E-state index in [2.05, 4.69) is 26.1 Å². The largest absolute Gasteiger partial charge is 0.393 e. The van der Waals surface area contributed by atoms with Crippen molar-refractivity contribution in [2.45, 2.75) is 6.42 Å². The van der Waals surface area contributed by atoms with E-state index in [1.165, 1.54) is 6.33 Å². The monoisotopic (exact) mass is 402 g/mol. The number of nitrogens with zero attached hydrogens (tertiary/aromatic N) is 2. The topological polar surface area (TPSA) is 105 Å². The summed E-state index contributed by atoms with van der Waals surface area (Å²) in [4.78, 5) is 20.2. The number of benzene rings is 2. The Balaban J connectivity index is 1.66. The highest BCUT2D eigenvalue weighted by Crippen LogP contribution is 2.31. The first-order valence-corrected chi connectivity index (χ1v) is 8.70. The van der Waals surface area contributed by atoms with E-state index in [9.17, 15) is 4.79 Å². The lowest BCUT2D eigenvalue weighted by Crippen LogP contribution is -2.31. The molecule has 0 spiro atoms. The van der Waals surface area contributed by atoms with Gasteiger partial charge in [-0.05, 0) is 23.8 Å². The van der Waals surface area contributed by atoms with Crippen molar-refractivity contribution < 1.29 is 4.79 Å². The number of amides is 1. The zero-order valence-electron chi connectivity index (χ0n) is 14.0. The molecule has 1 amide bonds. The molecule has 0 aliphatic carbocycles. The van der Waals surface area contributed by atoms with Gasteiger partial charge in [-0.15, -0.1) is 0 Å². The molecule has 3 aromatic rings. The third-order valence-electron chi connectivity index (χ3n) is 3.60. The van der Waals surface area contributed by atoms with Gasteiger partial charge in [0, 0.05) is 5.02 Å². The molecule has 0 bridgehead atoms. The first-order valence-electron chi connectivity index (χ1n) is 7.94. The van der Waals surface area contributed by atoms with Crippen molar-refractivity contribution in [2.75, 3.05) is 16.5 Å². The van der Waals surface area contributed by atoms with Crippen LogP contribution >= 0.6 is 23.2 Å². The minimum Gasteiger partial charge on any atom is -0.393 e. The van der Waals surface area contributed by atoms with Gasteiger partial charge in [-0.1, -0.05) is 53.5 Å². The molecule has 0 atom stereocenters. The van der Waals surface area contributed by atoms with E-state index >= 15 is 0 Å². The number of hydrogen-bond donors (Lipinski definition) is 4. The summed E-state index contributed by atoms with van der Waals surface area (Å²) in [6.45, 7) is 0. The molecule has 0 fully saturated rings. The lowest BCUT2D eigenvalue weighted by Gasteiger charge is -2.14. The van der Waals surface area contributed by atoms with Gasteiger partial charge in [-0.3, -0.25) is 15.6 Å². The van der Waals surface area contributed by atoms with E-state index in [0.29, 0.717) is 21.6 Å². The Labute approximate surface area is 165 Å². The number of rotatable bonds is 6. The number of anilines is 4. The molecule has 0 unspecified atom stereocenters. The van der Waals surface area contributed by atoms with Crippen LogP contribution in [0.15, 0.2) is 54.9 Å². The fraction of sp³-hybridized carbons (Fsp3) is 0.0556. The first-order chi connectivity index (χ1) is 13.0. The number of nitrogen functional groups attached to an aromatic ring is 1. The quantitative estimate of drug-likeness (QED) is 0.467. The molecule has 7 nitrogen and oxygen atoms in total. The van der Waals surface area contributed by atoms with Crippen LogP contribution in [-0.2, 0) is 11.2 Å². The number of aromatic nitrogens is 2. The second kappa shape index (κ2) is 8.57. The number of hydrogen-bond acceptors (Lipinski definition) is 6. The first kappa shape index (κ1) is 18.8. The number of hydrazine groups is 1. The Hall–Kier alpha value is -3.03. The Kier molecular flexibility index (Phi) is 5.95. The highest BCUT2D eigenvalue weighted by molar-refractivity contribution is 6.36. The maximum Gasteiger partial charge on any atom is 0.242 e. The van der Waals surface area contributed by atoms with E-state index < -0.39 is 0 Å². The van der Waals surface area contributed by atoms with Crippen LogP contribution in [0.5, 0.6) is 0 Å². The molecule has 1 aromatic heterocycles. The Morgan fingerprint density at radius 3 is 2.52 bits per heavy atom. The van der Waals surface area contributed by atoms with Gasteiger partial charge in [0.05, 0.1) is 17.1 Å². The molecule has 138 valence electrons. The van der Waals surface area contributed by atoms with Crippen LogP contribution in [0.2, 0.25) is 10.0 Å². The highest BCUT2D eigenvalue weighted by atomic mass is 35.5. The van der Waals surface area contributed by atoms with E-state index in [1.54, 1.807) is 18.2 Å². The minimum absolute atomic E-state index is 0.225. The fourth-order valence-corrected chi connectivity index (χ4v) is 2.72. The number of carbonyl (C=O) groups is 1. The summed E-state index contributed by atoms with van der Waals surface area (Å²) in [5.41, 5.74) is 13.1. The van der Waals surface area contributed by atoms with Crippen molar-refractivity contribution in [3.63, 3.8) is 0 Å². The number of halogens is 2. The van der Waals surface area contributed by atoms with Crippen molar-refractivity contribution >= 4 is 52.1 Å². The van der Waals surface area contributed by atoms with Gasteiger partial charge in [0.25, 0.3) is 0 Å². The number of carbonyl (C=O) groups excluding carboxylic acids is 1. The fourth-order valence-electron chi connectivity index (χ4n) is 2.27. The van der Waals surface area contributed by atoms with Gasteiger partial charge >= 0.3 is 0 Å². The molecule has 0 saturated carbocycles. The average Bonchev–Trinajstić information content (AvgIpc) is 2.65. The number of nitrogens with one attached hydrogen (secondary N) is 3. The minimum atomic E-state index is -0.227. The zero-order chi connectivity index (χ0) is 19.2. The van der Waals surface area contributed by atoms with Crippen LogP contribution in [-0.4, -0.2) is 15.9 Å². The van der Waals surface area contributed by atoms with Gasteiger partial charge in [0.15, 0.2) is 11.6 Å². The second-order valence-corrected chi connectivity index (χ2v) is 6.41. The molecular weight excluding hydrogens is 387 g/mol. The maximum absolute atomic E-state index is 12.0. The van der Waals surface area contributed by atoms with E-state index in [-0.39, 0.29) is 23.8 Å². The molecule has 0 radical (unpaired) electrons. The Morgan fingerprint density at radius 2 is 1.78 bits per heavy atom. The summed E-state index contributed by atoms with van der Waals surface area (Å²) in [6, 6.07) is 14.4. The van der Waals surface area contributed by atoms with Crippen molar-refractivity contribution in [3.8, 4) is 0 Å². The lowest BCUT2D eigenvalue weighted by atomic mass is 10.1. The molecule has 5 N–H and O–H groups in total. The predicted octanol–water partition coefficient (Wildman–Crippen LogP) is 3.80. The molecule has 1 heterocycles. The number of nitrogens with two attached hydrogens (primary N) is 1. The van der Waals surface area contributed by atoms with Crippen molar-refractivity contribution in [1.29, 1.82) is 0 Å². The highest BCUT2D eigenvalue weighted by Gasteiger charge is 2.11. The van der Waals surface area contributed by atoms with Gasteiger partial charge in [-0.2, -0.15) is 0 Å². The molecule has 3 rings (SSSR count). The van der Waals surface area contributed by atoms with Crippen LogP contribution in [0.25, 0.3) is 0 Å². The molecule has 9 heteroatoms. The van der Waals surface area contributed by atoms with Gasteiger partial charge in [0.1, 0.15) is 12.0 Å². The molecule has 0 saturated heterocycles. The predicted molar refractivity (Wildman–Crippen MR) is 108 cm³/mol. The van der Waals surface area contributed by atoms with Gasteiger partial charge in [0.2, 0.25) is 5.91 Å². The van der Waals surface area contributed by atoms with Gasteiger partial charge < -0.3 is 11.1 Å². The van der Waals surface area contributed by atoms with Crippen molar-refractivity contribution in [2.24, 2.45) is 0 Å². The molecule has 0 aliphatic heterocycles. The smallest absolute Gasteiger partial charge is 0.242 e. The SMILES string of the molecule is Nc1c(NNC(=O)Cc2ccccc2)ncnc1Nc1ccc(Cl)cc1Cl. The van der Waals surface area contributed by atoms with Gasteiger partial charge in [-0.25, -0.2) is 9.97 Å². The summed E-state index contributed by atoms with van der Waals surface area (Å²) >= 11 is 12.0. The van der Waals surface area contributed by atoms with Crippen LogP contribution in [0.4, 0.5) is 23.0 Å². The van der Waals surface area contributed by atoms with Crippen LogP contribution in [0.1, 0.15) is 5.56 Å². The summed E-state index contributed by atoms with van der Waals surface area (Å²) in [6.07, 6.45) is 1.54. The van der Waals surface area contributed by atoms with Crippen LogP contribution in [0, 0.1) is 0 Å². The zero-order valence-corrected chi connectivity index (χ0v) is 15.6. The standard InChI is InChI=1S/C18H16Cl2N6O/c19-12-6-7-14(13(20)9-12)24-17-16(21)18(23-10-22-17)26-25-15(27)8-11-4-2-1-3-5-11/h1-7,9-10H,8,21H2,(H,25,27)(H2,22,23,24,26). The van der Waals surface area contributed by atoms with Crippen LogP contribution < -0.4 is 21.9 Å². The second-order valence-electron chi connectivity index (χ2n) is 5.57. The molecular formula is C18H16Cl2N6O.